The Balaban J connectivity index is 4.64. The van der Waals surface area contributed by atoms with Crippen molar-refractivity contribution in [3.8, 4) is 0 Å². The van der Waals surface area contributed by atoms with E-state index in [-0.39, 0.29) is 50.4 Å². The largest absolute Gasteiger partial charge is 0.462 e. The third-order valence-electron chi connectivity index (χ3n) is 9.81. The summed E-state index contributed by atoms with van der Waals surface area (Å²) in [4.78, 5) is 37.9. The fourth-order valence-corrected chi connectivity index (χ4v) is 6.06. The van der Waals surface area contributed by atoms with Gasteiger partial charge in [0.05, 0.1) is 0 Å². The minimum Gasteiger partial charge on any atom is -0.462 e. The number of hydrogen-bond acceptors (Lipinski definition) is 6. The molecule has 0 rings (SSSR count). The van der Waals surface area contributed by atoms with Gasteiger partial charge in [-0.15, -0.1) is 0 Å². The maximum atomic E-state index is 12.8. The zero-order valence-electron chi connectivity index (χ0n) is 41.2. The summed E-state index contributed by atoms with van der Waals surface area (Å²) in [6, 6.07) is 0. The Morgan fingerprint density at radius 3 is 0.938 bits per heavy atom. The maximum Gasteiger partial charge on any atom is 0.306 e. The van der Waals surface area contributed by atoms with Crippen LogP contribution in [0.1, 0.15) is 188 Å². The minimum atomic E-state index is -0.844. The molecule has 362 valence electrons. The zero-order chi connectivity index (χ0) is 47.2. The lowest BCUT2D eigenvalue weighted by Gasteiger charge is -2.18. The van der Waals surface area contributed by atoms with Gasteiger partial charge in [-0.05, 0) is 135 Å². The second kappa shape index (κ2) is 51.9. The van der Waals surface area contributed by atoms with Crippen molar-refractivity contribution in [2.45, 2.75) is 194 Å². The highest BCUT2D eigenvalue weighted by molar-refractivity contribution is 5.71. The molecule has 0 amide bonds. The first-order valence-electron chi connectivity index (χ1n) is 25.3. The van der Waals surface area contributed by atoms with Crippen LogP contribution in [0.25, 0.3) is 0 Å². The van der Waals surface area contributed by atoms with Crippen molar-refractivity contribution in [2.75, 3.05) is 13.2 Å². The van der Waals surface area contributed by atoms with E-state index in [2.05, 4.69) is 167 Å². The van der Waals surface area contributed by atoms with E-state index >= 15 is 0 Å². The van der Waals surface area contributed by atoms with Crippen molar-refractivity contribution in [1.29, 1.82) is 0 Å². The number of ether oxygens (including phenoxy) is 3. The topological polar surface area (TPSA) is 78.9 Å². The number of carbonyl (C=O) groups excluding carboxylic acids is 3. The molecule has 0 aliphatic carbocycles. The van der Waals surface area contributed by atoms with Gasteiger partial charge in [0, 0.05) is 19.3 Å². The summed E-state index contributed by atoms with van der Waals surface area (Å²) in [6.45, 7) is 6.23. The summed E-state index contributed by atoms with van der Waals surface area (Å²) in [5.41, 5.74) is 0. The Labute approximate surface area is 397 Å². The average Bonchev–Trinajstić information content (AvgIpc) is 3.30. The summed E-state index contributed by atoms with van der Waals surface area (Å²) in [5.74, 6) is -1.09. The number of hydrogen-bond donors (Lipinski definition) is 0. The lowest BCUT2D eigenvalue weighted by atomic mass is 10.1. The molecule has 0 saturated heterocycles. The second-order valence-electron chi connectivity index (χ2n) is 16.0. The number of rotatable bonds is 43. The Kier molecular flexibility index (Phi) is 48.2. The van der Waals surface area contributed by atoms with Crippen LogP contribution in [0.5, 0.6) is 0 Å². The van der Waals surface area contributed by atoms with Crippen LogP contribution in [-0.2, 0) is 28.6 Å². The predicted octanol–water partition coefficient (Wildman–Crippen LogP) is 16.9. The average molecular weight is 895 g/mol. The molecule has 0 bridgehead atoms. The quantitative estimate of drug-likeness (QED) is 0.0263. The first-order chi connectivity index (χ1) is 32.0. The molecule has 0 heterocycles. The molecule has 6 heteroatoms. The predicted molar refractivity (Wildman–Crippen MR) is 279 cm³/mol. The Bertz CT molecular complexity index is 1490. The molecule has 0 radical (unpaired) electrons. The molecule has 0 fully saturated rings. The van der Waals surface area contributed by atoms with E-state index in [4.69, 9.17) is 14.2 Å². The SMILES string of the molecule is CC/C=C\C/C=C\C/C=C\C/C=C\C/C=C\CCCC(=O)OC[C@@H](COC(=O)CCCC/C=C\C/C=C\C/C=C\CCCCC)OC(=O)CCCC/C=C\C/C=C\C/C=C\C/C=C\CC. The summed E-state index contributed by atoms with van der Waals surface area (Å²) in [7, 11) is 0. The third-order valence-corrected chi connectivity index (χ3v) is 9.81. The molecule has 0 aromatic rings. The summed E-state index contributed by atoms with van der Waals surface area (Å²) in [6.07, 6.45) is 74.1. The Morgan fingerprint density at radius 1 is 0.323 bits per heavy atom. The van der Waals surface area contributed by atoms with Crippen molar-refractivity contribution < 1.29 is 28.6 Å². The normalized spacial score (nSPS) is 13.3. The van der Waals surface area contributed by atoms with Gasteiger partial charge in [0.25, 0.3) is 0 Å². The van der Waals surface area contributed by atoms with Crippen LogP contribution in [0.4, 0.5) is 0 Å². The van der Waals surface area contributed by atoms with E-state index in [0.717, 1.165) is 103 Å². The van der Waals surface area contributed by atoms with Crippen molar-refractivity contribution in [1.82, 2.24) is 0 Å². The number of carbonyl (C=O) groups is 3. The van der Waals surface area contributed by atoms with Gasteiger partial charge in [0.2, 0.25) is 0 Å². The summed E-state index contributed by atoms with van der Waals surface area (Å²) >= 11 is 0. The number of allylic oxidation sites excluding steroid dienone is 24. The van der Waals surface area contributed by atoms with Crippen LogP contribution in [-0.4, -0.2) is 37.2 Å². The molecule has 0 aromatic heterocycles. The summed E-state index contributed by atoms with van der Waals surface area (Å²) in [5, 5.41) is 0. The molecule has 1 atom stereocenters. The van der Waals surface area contributed by atoms with E-state index in [1.807, 2.05) is 0 Å². The first-order valence-corrected chi connectivity index (χ1v) is 25.3. The van der Waals surface area contributed by atoms with E-state index < -0.39 is 6.10 Å². The van der Waals surface area contributed by atoms with E-state index in [9.17, 15) is 14.4 Å². The molecule has 0 aliphatic rings. The van der Waals surface area contributed by atoms with Crippen LogP contribution < -0.4 is 0 Å². The summed E-state index contributed by atoms with van der Waals surface area (Å²) < 4.78 is 16.7. The standard InChI is InChI=1S/C59H90O6/c1-4-7-10-13-16-19-22-25-28-29-32-34-37-40-43-46-49-52-58(61)64-55-56(65-59(62)53-50-47-44-41-38-35-31-27-24-21-18-15-12-9-6-3)54-63-57(60)51-48-45-42-39-36-33-30-26-23-20-17-14-11-8-5-2/h7,9-10,12,16-21,25-28,30-32,34,36,38-41,43,56H,4-6,8,11,13-15,22-24,29,33,35,37,42,44-55H2,1-3H3/b10-7-,12-9-,19-16-,20-17-,21-18-,28-25-,30-26-,31-27-,34-32-,39-36-,41-38-,43-40-/t56-/m1/s1. The fraction of sp³-hybridized carbons (Fsp3) is 0.542. The van der Waals surface area contributed by atoms with Gasteiger partial charge in [-0.3, -0.25) is 14.4 Å². The highest BCUT2D eigenvalue weighted by Gasteiger charge is 2.19. The zero-order valence-corrected chi connectivity index (χ0v) is 41.2. The molecule has 65 heavy (non-hydrogen) atoms. The van der Waals surface area contributed by atoms with Crippen LogP contribution >= 0.6 is 0 Å². The van der Waals surface area contributed by atoms with Gasteiger partial charge in [0.15, 0.2) is 6.10 Å². The Hall–Kier alpha value is -4.71. The van der Waals surface area contributed by atoms with E-state index in [1.165, 1.54) is 25.7 Å². The van der Waals surface area contributed by atoms with Crippen LogP contribution in [0.2, 0.25) is 0 Å². The van der Waals surface area contributed by atoms with Crippen LogP contribution in [0.15, 0.2) is 146 Å². The fourth-order valence-electron chi connectivity index (χ4n) is 6.06. The van der Waals surface area contributed by atoms with Gasteiger partial charge in [-0.25, -0.2) is 0 Å². The molecule has 0 unspecified atom stereocenters. The van der Waals surface area contributed by atoms with Gasteiger partial charge >= 0.3 is 17.9 Å². The number of esters is 3. The minimum absolute atomic E-state index is 0.139. The smallest absolute Gasteiger partial charge is 0.306 e. The van der Waals surface area contributed by atoms with Crippen LogP contribution in [0, 0.1) is 0 Å². The van der Waals surface area contributed by atoms with Gasteiger partial charge in [0.1, 0.15) is 13.2 Å². The lowest BCUT2D eigenvalue weighted by molar-refractivity contribution is -0.167. The van der Waals surface area contributed by atoms with E-state index in [0.29, 0.717) is 19.3 Å². The second-order valence-corrected chi connectivity index (χ2v) is 16.0. The molecule has 0 aromatic carbocycles. The van der Waals surface area contributed by atoms with Gasteiger partial charge in [-0.1, -0.05) is 179 Å². The van der Waals surface area contributed by atoms with Crippen molar-refractivity contribution in [2.24, 2.45) is 0 Å². The van der Waals surface area contributed by atoms with Gasteiger partial charge < -0.3 is 14.2 Å². The lowest BCUT2D eigenvalue weighted by Crippen LogP contribution is -2.30. The molecular formula is C59H90O6. The highest BCUT2D eigenvalue weighted by Crippen LogP contribution is 2.10. The molecule has 0 saturated carbocycles. The van der Waals surface area contributed by atoms with E-state index in [1.54, 1.807) is 0 Å². The van der Waals surface area contributed by atoms with Crippen LogP contribution in [0.3, 0.4) is 0 Å². The molecule has 0 spiro atoms. The van der Waals surface area contributed by atoms with Gasteiger partial charge in [-0.2, -0.15) is 0 Å². The first kappa shape index (κ1) is 60.3. The number of unbranched alkanes of at least 4 members (excludes halogenated alkanes) is 8. The highest BCUT2D eigenvalue weighted by atomic mass is 16.6. The monoisotopic (exact) mass is 895 g/mol. The molecular weight excluding hydrogens is 805 g/mol. The maximum absolute atomic E-state index is 12.8. The molecule has 0 N–H and O–H groups in total. The Morgan fingerprint density at radius 2 is 0.600 bits per heavy atom. The molecule has 0 aliphatic heterocycles. The van der Waals surface area contributed by atoms with Crippen molar-refractivity contribution in [3.05, 3.63) is 146 Å². The third kappa shape index (κ3) is 50.2. The molecule has 6 nitrogen and oxygen atoms in total. The van der Waals surface area contributed by atoms with Crippen molar-refractivity contribution >= 4 is 17.9 Å². The van der Waals surface area contributed by atoms with Crippen molar-refractivity contribution in [3.63, 3.8) is 0 Å².